The average Bonchev–Trinajstić information content (AvgIpc) is 2.64. The Labute approximate surface area is 156 Å². The Morgan fingerprint density at radius 2 is 1.96 bits per heavy atom. The van der Waals surface area contributed by atoms with Crippen LogP contribution in [-0.4, -0.2) is 46.6 Å². The molecule has 142 valence electrons. The molecule has 1 atom stereocenters. The summed E-state index contributed by atoms with van der Waals surface area (Å²) in [6.07, 6.45) is 3.38. The molecule has 1 heterocycles. The van der Waals surface area contributed by atoms with Gasteiger partial charge in [0.25, 0.3) is 0 Å². The normalized spacial score (nSPS) is 18.9. The molecule has 26 heavy (non-hydrogen) atoms. The van der Waals surface area contributed by atoms with E-state index >= 15 is 0 Å². The van der Waals surface area contributed by atoms with Gasteiger partial charge in [-0.15, -0.1) is 0 Å². The molecule has 1 N–H and O–H groups in total. The lowest BCUT2D eigenvalue weighted by molar-refractivity contribution is 0.182. The average molecular weight is 377 g/mol. The molecule has 1 aliphatic rings. The van der Waals surface area contributed by atoms with Crippen molar-refractivity contribution in [1.29, 1.82) is 0 Å². The largest absolute Gasteiger partial charge is 0.497 e. The molecule has 0 radical (unpaired) electrons. The number of nitrogens with one attached hydrogen (secondary N) is 1. The van der Waals surface area contributed by atoms with Crippen molar-refractivity contribution in [3.63, 3.8) is 0 Å². The first-order chi connectivity index (χ1) is 12.5. The number of benzene rings is 2. The third-order valence-corrected chi connectivity index (χ3v) is 6.47. The van der Waals surface area contributed by atoms with Gasteiger partial charge in [0, 0.05) is 13.1 Å². The molecule has 1 saturated heterocycles. The van der Waals surface area contributed by atoms with Gasteiger partial charge in [-0.1, -0.05) is 19.1 Å². The van der Waals surface area contributed by atoms with E-state index in [9.17, 15) is 8.42 Å². The predicted molar refractivity (Wildman–Crippen MR) is 105 cm³/mol. The number of hydrogen-bond donors (Lipinski definition) is 1. The molecule has 1 aliphatic heterocycles. The van der Waals surface area contributed by atoms with E-state index < -0.39 is 10.0 Å². The Balaban J connectivity index is 1.58. The molecule has 5 nitrogen and oxygen atoms in total. The second kappa shape index (κ2) is 8.37. The number of likely N-dealkylation sites (tertiary alicyclic amines) is 1. The first-order valence-electron chi connectivity index (χ1n) is 9.28. The minimum Gasteiger partial charge on any atom is -0.497 e. The van der Waals surface area contributed by atoms with Gasteiger partial charge in [0.05, 0.1) is 12.0 Å². The van der Waals surface area contributed by atoms with E-state index in [1.165, 1.54) is 12.8 Å². The van der Waals surface area contributed by atoms with Gasteiger partial charge in [0.1, 0.15) is 5.75 Å². The van der Waals surface area contributed by atoms with Crippen LogP contribution in [0.3, 0.4) is 0 Å². The lowest BCUT2D eigenvalue weighted by Crippen LogP contribution is -2.36. The van der Waals surface area contributed by atoms with E-state index in [-0.39, 0.29) is 0 Å². The fraction of sp³-hybridized carbons (Fsp3) is 0.500. The predicted octanol–water partition coefficient (Wildman–Crippen LogP) is 3.25. The Bertz CT molecular complexity index is 851. The zero-order valence-corrected chi connectivity index (χ0v) is 16.4. The summed E-state index contributed by atoms with van der Waals surface area (Å²) in [5.74, 6) is 1.51. The highest BCUT2D eigenvalue weighted by molar-refractivity contribution is 7.89. The van der Waals surface area contributed by atoms with E-state index in [0.29, 0.717) is 11.4 Å². The van der Waals surface area contributed by atoms with Crippen molar-refractivity contribution in [2.24, 2.45) is 5.92 Å². The highest BCUT2D eigenvalue weighted by Crippen LogP contribution is 2.23. The van der Waals surface area contributed by atoms with Crippen molar-refractivity contribution in [3.8, 4) is 5.75 Å². The summed E-state index contributed by atoms with van der Waals surface area (Å²) in [5, 5.41) is 1.85. The SMILES string of the molecule is COc1ccc2cc(S(=O)(=O)NCCCN3CCCC(C)C3)ccc2c1. The molecular formula is C20H28N2O3S. The molecule has 0 aromatic heterocycles. The number of piperidine rings is 1. The molecule has 0 amide bonds. The Morgan fingerprint density at radius 3 is 2.73 bits per heavy atom. The van der Waals surface area contributed by atoms with Crippen LogP contribution in [0.25, 0.3) is 10.8 Å². The minimum atomic E-state index is -3.48. The molecule has 2 aromatic rings. The van der Waals surface area contributed by atoms with E-state index in [0.717, 1.165) is 48.5 Å². The van der Waals surface area contributed by atoms with Gasteiger partial charge in [0.2, 0.25) is 10.0 Å². The lowest BCUT2D eigenvalue weighted by Gasteiger charge is -2.30. The van der Waals surface area contributed by atoms with Crippen LogP contribution in [0.4, 0.5) is 0 Å². The van der Waals surface area contributed by atoms with Crippen LogP contribution in [0.5, 0.6) is 5.75 Å². The highest BCUT2D eigenvalue weighted by atomic mass is 32.2. The Morgan fingerprint density at radius 1 is 1.19 bits per heavy atom. The number of nitrogens with zero attached hydrogens (tertiary/aromatic N) is 1. The second-order valence-electron chi connectivity index (χ2n) is 7.17. The van der Waals surface area contributed by atoms with Crippen molar-refractivity contribution in [2.75, 3.05) is 33.3 Å². The summed E-state index contributed by atoms with van der Waals surface area (Å²) in [4.78, 5) is 2.74. The van der Waals surface area contributed by atoms with Crippen LogP contribution >= 0.6 is 0 Å². The first kappa shape index (κ1) is 19.1. The van der Waals surface area contributed by atoms with Crippen LogP contribution in [0.15, 0.2) is 41.3 Å². The Hall–Kier alpha value is -1.63. The number of rotatable bonds is 7. The third kappa shape index (κ3) is 4.75. The van der Waals surface area contributed by atoms with Crippen LogP contribution in [0, 0.1) is 5.92 Å². The molecule has 1 fully saturated rings. The van der Waals surface area contributed by atoms with Gasteiger partial charge in [-0.25, -0.2) is 13.1 Å². The Kier molecular flexibility index (Phi) is 6.16. The van der Waals surface area contributed by atoms with E-state index in [4.69, 9.17) is 4.74 Å². The molecule has 2 aromatic carbocycles. The van der Waals surface area contributed by atoms with Gasteiger partial charge < -0.3 is 9.64 Å². The monoisotopic (exact) mass is 376 g/mol. The van der Waals surface area contributed by atoms with Crippen molar-refractivity contribution in [1.82, 2.24) is 9.62 Å². The molecule has 0 spiro atoms. The summed E-state index contributed by atoms with van der Waals surface area (Å²) >= 11 is 0. The third-order valence-electron chi connectivity index (χ3n) is 5.01. The topological polar surface area (TPSA) is 58.6 Å². The van der Waals surface area contributed by atoms with Gasteiger partial charge in [-0.2, -0.15) is 0 Å². The van der Waals surface area contributed by atoms with Crippen LogP contribution in [0.1, 0.15) is 26.2 Å². The molecule has 0 bridgehead atoms. The quantitative estimate of drug-likeness (QED) is 0.754. The maximum Gasteiger partial charge on any atom is 0.240 e. The van der Waals surface area contributed by atoms with Crippen LogP contribution in [0.2, 0.25) is 0 Å². The molecule has 6 heteroatoms. The van der Waals surface area contributed by atoms with E-state index in [1.54, 1.807) is 19.2 Å². The molecule has 3 rings (SSSR count). The summed E-state index contributed by atoms with van der Waals surface area (Å²) in [5.41, 5.74) is 0. The van der Waals surface area contributed by atoms with Crippen LogP contribution in [-0.2, 0) is 10.0 Å². The lowest BCUT2D eigenvalue weighted by atomic mass is 10.0. The molecule has 0 aliphatic carbocycles. The molecule has 1 unspecified atom stereocenters. The minimum absolute atomic E-state index is 0.307. The number of sulfonamides is 1. The van der Waals surface area contributed by atoms with Crippen molar-refractivity contribution in [2.45, 2.75) is 31.1 Å². The summed E-state index contributed by atoms with van der Waals surface area (Å²) < 4.78 is 33.0. The fourth-order valence-corrected chi connectivity index (χ4v) is 4.69. The number of hydrogen-bond acceptors (Lipinski definition) is 4. The van der Waals surface area contributed by atoms with Crippen molar-refractivity contribution >= 4 is 20.8 Å². The van der Waals surface area contributed by atoms with Crippen molar-refractivity contribution in [3.05, 3.63) is 36.4 Å². The van der Waals surface area contributed by atoms with Gasteiger partial charge in [-0.3, -0.25) is 0 Å². The van der Waals surface area contributed by atoms with Gasteiger partial charge in [-0.05, 0) is 73.3 Å². The molecule has 0 saturated carbocycles. The number of methoxy groups -OCH3 is 1. The van der Waals surface area contributed by atoms with Gasteiger partial charge >= 0.3 is 0 Å². The maximum atomic E-state index is 12.6. The molecular weight excluding hydrogens is 348 g/mol. The standard InChI is InChI=1S/C20H28N2O3S/c1-16-5-3-11-22(15-16)12-4-10-21-26(23,24)20-9-7-17-13-19(25-2)8-6-18(17)14-20/h6-9,13-14,16,21H,3-5,10-12,15H2,1-2H3. The summed E-state index contributed by atoms with van der Waals surface area (Å²) in [6, 6.07) is 10.8. The van der Waals surface area contributed by atoms with Crippen molar-refractivity contribution < 1.29 is 13.2 Å². The van der Waals surface area contributed by atoms with Gasteiger partial charge in [0.15, 0.2) is 0 Å². The van der Waals surface area contributed by atoms with Crippen LogP contribution < -0.4 is 9.46 Å². The summed E-state index contributed by atoms with van der Waals surface area (Å²) in [6.45, 7) is 5.95. The smallest absolute Gasteiger partial charge is 0.240 e. The zero-order valence-electron chi connectivity index (χ0n) is 15.6. The van der Waals surface area contributed by atoms with E-state index in [1.807, 2.05) is 24.3 Å². The maximum absolute atomic E-state index is 12.6. The first-order valence-corrected chi connectivity index (χ1v) is 10.8. The highest BCUT2D eigenvalue weighted by Gasteiger charge is 2.17. The fourth-order valence-electron chi connectivity index (χ4n) is 3.58. The second-order valence-corrected chi connectivity index (χ2v) is 8.94. The number of ether oxygens (including phenoxy) is 1. The summed E-state index contributed by atoms with van der Waals surface area (Å²) in [7, 11) is -1.86. The van der Waals surface area contributed by atoms with E-state index in [2.05, 4.69) is 16.5 Å². The zero-order chi connectivity index (χ0) is 18.6. The number of fused-ring (bicyclic) bond motifs is 1.